The summed E-state index contributed by atoms with van der Waals surface area (Å²) in [6.07, 6.45) is 3.57. The number of fused-ring (bicyclic) bond motifs is 2. The number of thiazole rings is 1. The molecule has 0 bridgehead atoms. The molecule has 1 fully saturated rings. The van der Waals surface area contributed by atoms with Crippen molar-refractivity contribution in [2.75, 3.05) is 13.2 Å². The van der Waals surface area contributed by atoms with Crippen LogP contribution in [0.2, 0.25) is 0 Å². The predicted molar refractivity (Wildman–Crippen MR) is 129 cm³/mol. The van der Waals surface area contributed by atoms with E-state index in [0.717, 1.165) is 14.3 Å². The Hall–Kier alpha value is -3.15. The number of aliphatic imine (C=N–C) groups is 1. The average Bonchev–Trinajstić information content (AvgIpc) is 3.59. The molecule has 0 N–H and O–H groups in total. The Balaban J connectivity index is 1.41. The van der Waals surface area contributed by atoms with E-state index in [1.807, 2.05) is 0 Å². The maximum Gasteiger partial charge on any atom is 0.283 e. The maximum absolute atomic E-state index is 13.7. The number of carbonyl (C=O) groups is 1. The van der Waals surface area contributed by atoms with Crippen molar-refractivity contribution in [2.24, 2.45) is 10.4 Å². The van der Waals surface area contributed by atoms with Crippen LogP contribution < -0.4 is 0 Å². The predicted octanol–water partition coefficient (Wildman–Crippen LogP) is 3.14. The fraction of sp³-hybridized carbons (Fsp3) is 0.304. The Bertz CT molecular complexity index is 1440. The summed E-state index contributed by atoms with van der Waals surface area (Å²) >= 11 is 1.38. The molecule has 0 spiro atoms. The third-order valence-electron chi connectivity index (χ3n) is 6.12. The number of aromatic nitrogens is 3. The highest BCUT2D eigenvalue weighted by molar-refractivity contribution is 7.89. The third kappa shape index (κ3) is 3.60. The maximum atomic E-state index is 13.7. The summed E-state index contributed by atoms with van der Waals surface area (Å²) < 4.78 is 33.7. The van der Waals surface area contributed by atoms with Crippen molar-refractivity contribution in [3.05, 3.63) is 66.1 Å². The lowest BCUT2D eigenvalue weighted by Gasteiger charge is -2.31. The van der Waals surface area contributed by atoms with E-state index in [4.69, 9.17) is 4.74 Å². The molecule has 0 unspecified atom stereocenters. The van der Waals surface area contributed by atoms with Crippen LogP contribution in [0.4, 0.5) is 0 Å². The smallest absolute Gasteiger partial charge is 0.283 e. The van der Waals surface area contributed by atoms with Crippen molar-refractivity contribution < 1.29 is 17.9 Å². The minimum absolute atomic E-state index is 0.132. The highest BCUT2D eigenvalue weighted by Crippen LogP contribution is 2.37. The molecule has 1 atom stereocenters. The molecule has 0 aliphatic carbocycles. The molecule has 1 aromatic carbocycles. The zero-order valence-electron chi connectivity index (χ0n) is 18.6. The van der Waals surface area contributed by atoms with E-state index in [1.54, 1.807) is 35.5 Å². The number of benzene rings is 1. The lowest BCUT2D eigenvalue weighted by molar-refractivity contribution is -0.139. The average molecular weight is 498 g/mol. The number of amides is 1. The van der Waals surface area contributed by atoms with Gasteiger partial charge in [0.1, 0.15) is 5.41 Å². The molecule has 3 aromatic rings. The number of carbonyl (C=O) groups excluding carboxylic acids is 1. The Morgan fingerprint density at radius 2 is 2.18 bits per heavy atom. The quantitative estimate of drug-likeness (QED) is 0.485. The van der Waals surface area contributed by atoms with Crippen molar-refractivity contribution in [2.45, 2.75) is 31.3 Å². The fourth-order valence-corrected chi connectivity index (χ4v) is 6.39. The van der Waals surface area contributed by atoms with Gasteiger partial charge in [0.05, 0.1) is 45.2 Å². The number of rotatable bonds is 6. The molecule has 0 radical (unpaired) electrons. The van der Waals surface area contributed by atoms with Crippen LogP contribution in [0.3, 0.4) is 0 Å². The van der Waals surface area contributed by atoms with Gasteiger partial charge in [-0.25, -0.2) is 4.98 Å². The first-order valence-corrected chi connectivity index (χ1v) is 13.0. The molecule has 5 rings (SSSR count). The number of nitrogens with zero attached hydrogens (tertiary/aromatic N) is 5. The molecule has 0 saturated carbocycles. The van der Waals surface area contributed by atoms with Gasteiger partial charge in [-0.15, -0.1) is 11.3 Å². The molecular formula is C23H23N5O4S2. The summed E-state index contributed by atoms with van der Waals surface area (Å²) in [4.78, 5) is 24.1. The van der Waals surface area contributed by atoms with E-state index < -0.39 is 15.4 Å². The Kier molecular flexibility index (Phi) is 5.50. The minimum Gasteiger partial charge on any atom is -0.380 e. The van der Waals surface area contributed by atoms with Gasteiger partial charge in [0.2, 0.25) is 5.91 Å². The van der Waals surface area contributed by atoms with E-state index in [1.165, 1.54) is 23.6 Å². The van der Waals surface area contributed by atoms with Crippen molar-refractivity contribution in [3.8, 4) is 0 Å². The molecule has 1 saturated heterocycles. The summed E-state index contributed by atoms with van der Waals surface area (Å²) in [5.41, 5.74) is 3.87. The van der Waals surface area contributed by atoms with Crippen LogP contribution >= 0.6 is 11.3 Å². The molecule has 2 aromatic heterocycles. The van der Waals surface area contributed by atoms with Gasteiger partial charge in [-0.2, -0.15) is 17.6 Å². The van der Waals surface area contributed by atoms with E-state index in [2.05, 4.69) is 28.2 Å². The van der Waals surface area contributed by atoms with Gasteiger partial charge in [-0.1, -0.05) is 13.2 Å². The molecule has 4 heterocycles. The minimum atomic E-state index is -3.86. The second kappa shape index (κ2) is 8.26. The topological polar surface area (TPSA) is 107 Å². The largest absolute Gasteiger partial charge is 0.380 e. The second-order valence-electron chi connectivity index (χ2n) is 8.44. The van der Waals surface area contributed by atoms with Gasteiger partial charge in [-0.05, 0) is 37.6 Å². The van der Waals surface area contributed by atoms with E-state index in [-0.39, 0.29) is 30.5 Å². The molecule has 34 heavy (non-hydrogen) atoms. The molecule has 176 valence electrons. The summed E-state index contributed by atoms with van der Waals surface area (Å²) in [7, 11) is -3.86. The second-order valence-corrected chi connectivity index (χ2v) is 11.1. The molecule has 2 aliphatic rings. The molecule has 11 heteroatoms. The van der Waals surface area contributed by atoms with Crippen LogP contribution in [-0.2, 0) is 32.6 Å². The number of hydrogen-bond donors (Lipinski definition) is 0. The lowest BCUT2D eigenvalue weighted by atomic mass is 9.80. The van der Waals surface area contributed by atoms with E-state index >= 15 is 0 Å². The summed E-state index contributed by atoms with van der Waals surface area (Å²) in [6, 6.07) is 4.82. The first kappa shape index (κ1) is 22.6. The molecule has 2 aliphatic heterocycles. The number of allylic oxidation sites excluding steroid dienone is 2. The van der Waals surface area contributed by atoms with Gasteiger partial charge in [0, 0.05) is 30.6 Å². The van der Waals surface area contributed by atoms with Crippen molar-refractivity contribution in [1.82, 2.24) is 19.1 Å². The van der Waals surface area contributed by atoms with Gasteiger partial charge >= 0.3 is 0 Å². The zero-order valence-corrected chi connectivity index (χ0v) is 20.2. The fourth-order valence-electron chi connectivity index (χ4n) is 4.40. The van der Waals surface area contributed by atoms with Gasteiger partial charge in [0.25, 0.3) is 10.0 Å². The lowest BCUT2D eigenvalue weighted by Crippen LogP contribution is -2.47. The van der Waals surface area contributed by atoms with Crippen LogP contribution in [0, 0.1) is 5.41 Å². The standard InChI is InChI=1S/C23H23N5O4S2/c1-4-21(25-15(2)3)23(7-8-32-13-23)22(29)27-10-16-11-28(26-19(16)12-27)34(30,31)17-5-6-18-20(9-17)33-14-24-18/h4-6,9,11,14H,1-2,7-8,10,12-13H2,3H3/t23-/m1/s1. The van der Waals surface area contributed by atoms with Crippen molar-refractivity contribution in [3.63, 3.8) is 0 Å². The van der Waals surface area contributed by atoms with E-state index in [9.17, 15) is 13.2 Å². The van der Waals surface area contributed by atoms with Crippen LogP contribution in [-0.4, -0.2) is 52.3 Å². The third-order valence-corrected chi connectivity index (χ3v) is 8.44. The monoisotopic (exact) mass is 497 g/mol. The Morgan fingerprint density at radius 1 is 1.35 bits per heavy atom. The Labute approximate surface area is 201 Å². The summed E-state index contributed by atoms with van der Waals surface area (Å²) in [6.45, 7) is 10.6. The molecule has 1 amide bonds. The van der Waals surface area contributed by atoms with Crippen molar-refractivity contribution in [1.29, 1.82) is 0 Å². The first-order valence-electron chi connectivity index (χ1n) is 10.6. The van der Waals surface area contributed by atoms with Gasteiger partial charge in [0.15, 0.2) is 0 Å². The highest BCUT2D eigenvalue weighted by Gasteiger charge is 2.49. The number of hydrogen-bond acceptors (Lipinski definition) is 8. The SMILES string of the molecule is C=CC(=NC(=C)C)[C@@]1(C(=O)N2Cc3cn(S(=O)(=O)c4ccc5ncsc5c4)nc3C2)CCOC1. The van der Waals surface area contributed by atoms with E-state index in [0.29, 0.717) is 35.7 Å². The van der Waals surface area contributed by atoms with Crippen molar-refractivity contribution >= 4 is 43.2 Å². The molecule has 9 nitrogen and oxygen atoms in total. The van der Waals surface area contributed by atoms with Gasteiger partial charge in [-0.3, -0.25) is 9.79 Å². The Morgan fingerprint density at radius 3 is 2.85 bits per heavy atom. The van der Waals surface area contributed by atoms with Crippen LogP contribution in [0.25, 0.3) is 10.2 Å². The summed E-state index contributed by atoms with van der Waals surface area (Å²) in [5, 5.41) is 4.33. The first-order chi connectivity index (χ1) is 16.2. The normalized spacial score (nSPS) is 20.6. The van der Waals surface area contributed by atoms with Crippen LogP contribution in [0.15, 0.2) is 64.7 Å². The summed E-state index contributed by atoms with van der Waals surface area (Å²) in [5.74, 6) is -0.132. The van der Waals surface area contributed by atoms with Gasteiger partial charge < -0.3 is 9.64 Å². The zero-order chi connectivity index (χ0) is 24.1. The highest BCUT2D eigenvalue weighted by atomic mass is 32.2. The number of ether oxygens (including phenoxy) is 1. The molecular weight excluding hydrogens is 474 g/mol. The van der Waals surface area contributed by atoms with Crippen LogP contribution in [0.5, 0.6) is 0 Å². The van der Waals surface area contributed by atoms with Crippen LogP contribution in [0.1, 0.15) is 24.6 Å².